The van der Waals surface area contributed by atoms with Gasteiger partial charge in [0.2, 0.25) is 0 Å². The van der Waals surface area contributed by atoms with Crippen LogP contribution in [0.5, 0.6) is 0 Å². The summed E-state index contributed by atoms with van der Waals surface area (Å²) in [6.45, 7) is 8.72. The second-order valence-electron chi connectivity index (χ2n) is 1.71. The fraction of sp³-hybridized carbons (Fsp3) is 0.250. The molecule has 0 unspecified atom stereocenters. The second kappa shape index (κ2) is 4.07. The molecule has 0 aliphatic rings. The van der Waals surface area contributed by atoms with Gasteiger partial charge in [-0.15, -0.1) is 0 Å². The third-order valence-electron chi connectivity index (χ3n) is 1.03. The summed E-state index contributed by atoms with van der Waals surface area (Å²) in [6.07, 6.45) is 3.37. The highest BCUT2D eigenvalue weighted by Crippen LogP contribution is 2.11. The van der Waals surface area contributed by atoms with Crippen LogP contribution in [0.1, 0.15) is 13.3 Å². The molecule has 0 fully saturated rings. The van der Waals surface area contributed by atoms with E-state index in [-0.39, 0.29) is 5.83 Å². The van der Waals surface area contributed by atoms with Crippen LogP contribution in [0, 0.1) is 0 Å². The fourth-order valence-electron chi connectivity index (χ4n) is 0.390. The Labute approximate surface area is 55.4 Å². The summed E-state index contributed by atoms with van der Waals surface area (Å²) >= 11 is 0. The van der Waals surface area contributed by atoms with Crippen molar-refractivity contribution in [3.05, 3.63) is 36.7 Å². The molecule has 0 atom stereocenters. The topological polar surface area (TPSA) is 0 Å². The van der Waals surface area contributed by atoms with Crippen LogP contribution in [0.2, 0.25) is 0 Å². The van der Waals surface area contributed by atoms with Crippen LogP contribution in [-0.4, -0.2) is 0 Å². The summed E-state index contributed by atoms with van der Waals surface area (Å²) in [6, 6.07) is 0. The summed E-state index contributed by atoms with van der Waals surface area (Å²) in [4.78, 5) is 0. The highest BCUT2D eigenvalue weighted by Gasteiger charge is 1.94. The largest absolute Gasteiger partial charge is 0.207 e. The second-order valence-corrected chi connectivity index (χ2v) is 1.71. The molecule has 0 N–H and O–H groups in total. The van der Waals surface area contributed by atoms with Gasteiger partial charge >= 0.3 is 0 Å². The molecule has 0 nitrogen and oxygen atoms in total. The van der Waals surface area contributed by atoms with E-state index in [0.717, 1.165) is 0 Å². The van der Waals surface area contributed by atoms with Gasteiger partial charge in [-0.05, 0) is 18.1 Å². The summed E-state index contributed by atoms with van der Waals surface area (Å²) < 4.78 is 12.5. The van der Waals surface area contributed by atoms with Crippen LogP contribution in [0.4, 0.5) is 4.39 Å². The maximum atomic E-state index is 12.5. The van der Waals surface area contributed by atoms with E-state index in [1.54, 1.807) is 0 Å². The van der Waals surface area contributed by atoms with Gasteiger partial charge in [0.15, 0.2) is 0 Å². The Hall–Kier alpha value is -0.850. The molecule has 0 aromatic carbocycles. The van der Waals surface area contributed by atoms with Crippen molar-refractivity contribution >= 4 is 0 Å². The molecule has 0 saturated carbocycles. The zero-order valence-corrected chi connectivity index (χ0v) is 5.65. The van der Waals surface area contributed by atoms with E-state index < -0.39 is 0 Å². The van der Waals surface area contributed by atoms with Crippen molar-refractivity contribution in [2.24, 2.45) is 0 Å². The molecule has 0 saturated heterocycles. The minimum Gasteiger partial charge on any atom is -0.207 e. The molecule has 0 heterocycles. The predicted octanol–water partition coefficient (Wildman–Crippen LogP) is 2.99. The zero-order chi connectivity index (χ0) is 7.28. The standard InChI is InChI=1S/C8H11F/c1-4-6-8(9)7(3)5-2/h4,6H,1,3,5H2,2H3/b8-6+. The third kappa shape index (κ3) is 2.85. The summed E-state index contributed by atoms with van der Waals surface area (Å²) in [5.74, 6) is -0.271. The number of hydrogen-bond acceptors (Lipinski definition) is 0. The van der Waals surface area contributed by atoms with Gasteiger partial charge in [0.1, 0.15) is 5.83 Å². The molecule has 0 aliphatic carbocycles. The van der Waals surface area contributed by atoms with Gasteiger partial charge in [-0.2, -0.15) is 0 Å². The molecule has 1 heteroatoms. The van der Waals surface area contributed by atoms with Crippen molar-refractivity contribution in [3.63, 3.8) is 0 Å². The van der Waals surface area contributed by atoms with Crippen LogP contribution >= 0.6 is 0 Å². The van der Waals surface area contributed by atoms with Crippen molar-refractivity contribution in [1.29, 1.82) is 0 Å². The van der Waals surface area contributed by atoms with Gasteiger partial charge in [-0.3, -0.25) is 0 Å². The molecule has 0 amide bonds. The van der Waals surface area contributed by atoms with Gasteiger partial charge in [-0.25, -0.2) is 4.39 Å². The molecular formula is C8H11F. The van der Waals surface area contributed by atoms with E-state index >= 15 is 0 Å². The van der Waals surface area contributed by atoms with Crippen molar-refractivity contribution in [3.8, 4) is 0 Å². The molecule has 0 aromatic rings. The number of allylic oxidation sites excluding steroid dienone is 4. The Morgan fingerprint density at radius 1 is 1.67 bits per heavy atom. The minimum atomic E-state index is -0.271. The smallest absolute Gasteiger partial charge is 0.125 e. The summed E-state index contributed by atoms with van der Waals surface area (Å²) in [7, 11) is 0. The normalized spacial score (nSPS) is 11.1. The van der Waals surface area contributed by atoms with E-state index in [4.69, 9.17) is 0 Å². The molecule has 50 valence electrons. The lowest BCUT2D eigenvalue weighted by Gasteiger charge is -1.93. The van der Waals surface area contributed by atoms with E-state index in [9.17, 15) is 4.39 Å². The first-order chi connectivity index (χ1) is 4.22. The number of hydrogen-bond donors (Lipinski definition) is 0. The molecule has 0 rings (SSSR count). The van der Waals surface area contributed by atoms with E-state index in [0.29, 0.717) is 12.0 Å². The fourth-order valence-corrected chi connectivity index (χ4v) is 0.390. The molecule has 0 aromatic heterocycles. The van der Waals surface area contributed by atoms with Crippen molar-refractivity contribution in [1.82, 2.24) is 0 Å². The van der Waals surface area contributed by atoms with E-state index in [2.05, 4.69) is 13.2 Å². The Balaban J connectivity index is 4.01. The number of halogens is 1. The third-order valence-corrected chi connectivity index (χ3v) is 1.03. The van der Waals surface area contributed by atoms with Gasteiger partial charge in [-0.1, -0.05) is 26.2 Å². The lowest BCUT2D eigenvalue weighted by molar-refractivity contribution is 0.644. The number of rotatable bonds is 3. The average molecular weight is 126 g/mol. The maximum absolute atomic E-state index is 12.5. The Bertz CT molecular complexity index is 143. The van der Waals surface area contributed by atoms with Gasteiger partial charge < -0.3 is 0 Å². The van der Waals surface area contributed by atoms with Crippen LogP contribution in [-0.2, 0) is 0 Å². The first kappa shape index (κ1) is 8.15. The molecule has 0 spiro atoms. The van der Waals surface area contributed by atoms with Crippen molar-refractivity contribution in [2.45, 2.75) is 13.3 Å². The Morgan fingerprint density at radius 3 is 2.56 bits per heavy atom. The maximum Gasteiger partial charge on any atom is 0.125 e. The summed E-state index contributed by atoms with van der Waals surface area (Å²) in [5, 5.41) is 0. The molecule has 0 bridgehead atoms. The van der Waals surface area contributed by atoms with Crippen LogP contribution in [0.3, 0.4) is 0 Å². The van der Waals surface area contributed by atoms with Gasteiger partial charge in [0.05, 0.1) is 0 Å². The predicted molar refractivity (Wildman–Crippen MR) is 38.8 cm³/mol. The van der Waals surface area contributed by atoms with Crippen LogP contribution in [0.25, 0.3) is 0 Å². The highest BCUT2D eigenvalue weighted by atomic mass is 19.1. The molecule has 0 radical (unpaired) electrons. The van der Waals surface area contributed by atoms with E-state index in [1.807, 2.05) is 6.92 Å². The molecule has 9 heavy (non-hydrogen) atoms. The zero-order valence-electron chi connectivity index (χ0n) is 5.65. The van der Waals surface area contributed by atoms with Crippen LogP contribution in [0.15, 0.2) is 36.7 Å². The minimum absolute atomic E-state index is 0.271. The van der Waals surface area contributed by atoms with Crippen molar-refractivity contribution < 1.29 is 4.39 Å². The first-order valence-electron chi connectivity index (χ1n) is 2.88. The lowest BCUT2D eigenvalue weighted by atomic mass is 10.2. The van der Waals surface area contributed by atoms with Gasteiger partial charge in [0, 0.05) is 0 Å². The monoisotopic (exact) mass is 126 g/mol. The van der Waals surface area contributed by atoms with Gasteiger partial charge in [0.25, 0.3) is 0 Å². The summed E-state index contributed by atoms with van der Waals surface area (Å²) in [5.41, 5.74) is 0.523. The first-order valence-corrected chi connectivity index (χ1v) is 2.88. The SMILES string of the molecule is C=C/C=C(/F)C(=C)CC. The lowest BCUT2D eigenvalue weighted by Crippen LogP contribution is -1.76. The Morgan fingerprint density at radius 2 is 2.22 bits per heavy atom. The Kier molecular flexibility index (Phi) is 3.69. The quantitative estimate of drug-likeness (QED) is 0.510. The molecule has 0 aliphatic heterocycles. The highest BCUT2D eigenvalue weighted by molar-refractivity contribution is 5.24. The van der Waals surface area contributed by atoms with E-state index in [1.165, 1.54) is 12.2 Å². The van der Waals surface area contributed by atoms with Crippen LogP contribution < -0.4 is 0 Å². The van der Waals surface area contributed by atoms with Crippen molar-refractivity contribution in [2.75, 3.05) is 0 Å². The average Bonchev–Trinajstić information content (AvgIpc) is 1.87. The molecular weight excluding hydrogens is 115 g/mol.